The molecule has 0 aromatic heterocycles. The van der Waals surface area contributed by atoms with Crippen molar-refractivity contribution in [1.29, 1.82) is 0 Å². The Bertz CT molecular complexity index is 224. The molecule has 4 nitrogen and oxygen atoms in total. The van der Waals surface area contributed by atoms with Crippen molar-refractivity contribution in [3.05, 3.63) is 12.7 Å². The first-order valence-corrected chi connectivity index (χ1v) is 3.32. The van der Waals surface area contributed by atoms with E-state index in [1.54, 1.807) is 6.92 Å². The van der Waals surface area contributed by atoms with Crippen LogP contribution in [0.3, 0.4) is 0 Å². The molecule has 1 fully saturated rings. The van der Waals surface area contributed by atoms with Crippen molar-refractivity contribution >= 4 is 11.9 Å². The van der Waals surface area contributed by atoms with E-state index in [2.05, 4.69) is 11.9 Å². The predicted molar refractivity (Wildman–Crippen MR) is 37.5 cm³/mol. The zero-order chi connectivity index (χ0) is 8.48. The molecule has 1 heterocycles. The highest BCUT2D eigenvalue weighted by Gasteiger charge is 2.56. The van der Waals surface area contributed by atoms with Crippen LogP contribution in [0.1, 0.15) is 13.3 Å². The van der Waals surface area contributed by atoms with Gasteiger partial charge in [-0.2, -0.15) is 0 Å². The molecule has 11 heavy (non-hydrogen) atoms. The maximum Gasteiger partial charge on any atom is 0.332 e. The number of ether oxygens (including phenoxy) is 1. The fraction of sp³-hybridized carbons (Fsp3) is 0.429. The molecule has 60 valence electrons. The van der Waals surface area contributed by atoms with Gasteiger partial charge in [0.2, 0.25) is 0 Å². The molecule has 0 aromatic rings. The minimum Gasteiger partial charge on any atom is -0.426 e. The summed E-state index contributed by atoms with van der Waals surface area (Å²) >= 11 is 0. The van der Waals surface area contributed by atoms with Gasteiger partial charge in [-0.25, -0.2) is 4.79 Å². The molecule has 1 aliphatic rings. The van der Waals surface area contributed by atoms with Crippen LogP contribution in [0.5, 0.6) is 0 Å². The third kappa shape index (κ3) is 1.24. The smallest absolute Gasteiger partial charge is 0.332 e. The average molecular weight is 155 g/mol. The maximum absolute atomic E-state index is 10.7. The molecule has 0 aromatic carbocycles. The van der Waals surface area contributed by atoms with Crippen LogP contribution in [0.25, 0.3) is 0 Å². The number of carbonyl (C=O) groups excluding carboxylic acids is 2. The van der Waals surface area contributed by atoms with E-state index < -0.39 is 11.7 Å². The van der Waals surface area contributed by atoms with Crippen LogP contribution in [0, 0.1) is 0 Å². The van der Waals surface area contributed by atoms with Crippen LogP contribution in [0.15, 0.2) is 12.7 Å². The second-order valence-electron chi connectivity index (χ2n) is 2.26. The summed E-state index contributed by atoms with van der Waals surface area (Å²) in [5, 5.41) is 2.43. The third-order valence-corrected chi connectivity index (χ3v) is 1.56. The summed E-state index contributed by atoms with van der Waals surface area (Å²) in [6.45, 7) is 4.98. The molecule has 1 saturated heterocycles. The lowest BCUT2D eigenvalue weighted by atomic mass is 10.3. The van der Waals surface area contributed by atoms with Crippen LogP contribution in [0.2, 0.25) is 0 Å². The molecular weight excluding hydrogens is 146 g/mol. The first-order chi connectivity index (χ1) is 5.14. The molecule has 1 unspecified atom stereocenters. The van der Waals surface area contributed by atoms with Gasteiger partial charge in [-0.15, -0.1) is 0 Å². The Kier molecular flexibility index (Phi) is 1.68. The Balaban J connectivity index is 2.54. The van der Waals surface area contributed by atoms with E-state index in [4.69, 9.17) is 4.74 Å². The van der Waals surface area contributed by atoms with Crippen LogP contribution in [-0.2, 0) is 14.3 Å². The Labute approximate surface area is 64.2 Å². The normalized spacial score (nSPS) is 27.2. The highest BCUT2D eigenvalue weighted by molar-refractivity contribution is 6.02. The second-order valence-corrected chi connectivity index (χ2v) is 2.26. The van der Waals surface area contributed by atoms with E-state index in [0.29, 0.717) is 6.42 Å². The van der Waals surface area contributed by atoms with Crippen molar-refractivity contribution in [2.45, 2.75) is 19.1 Å². The van der Waals surface area contributed by atoms with Crippen LogP contribution >= 0.6 is 0 Å². The molecule has 1 aliphatic heterocycles. The zero-order valence-corrected chi connectivity index (χ0v) is 6.22. The summed E-state index contributed by atoms with van der Waals surface area (Å²) in [5.74, 6) is -0.819. The van der Waals surface area contributed by atoms with E-state index in [9.17, 15) is 9.59 Å². The Morgan fingerprint density at radius 2 is 2.45 bits per heavy atom. The summed E-state index contributed by atoms with van der Waals surface area (Å²) < 4.78 is 4.74. The van der Waals surface area contributed by atoms with E-state index >= 15 is 0 Å². The fourth-order valence-corrected chi connectivity index (χ4v) is 0.759. The zero-order valence-electron chi connectivity index (χ0n) is 6.22. The molecule has 1 rings (SSSR count). The van der Waals surface area contributed by atoms with Gasteiger partial charge >= 0.3 is 5.97 Å². The molecule has 4 heteroatoms. The van der Waals surface area contributed by atoms with Crippen molar-refractivity contribution < 1.29 is 14.3 Å². The number of esters is 1. The highest BCUT2D eigenvalue weighted by atomic mass is 16.6. The van der Waals surface area contributed by atoms with Crippen molar-refractivity contribution in [3.8, 4) is 0 Å². The van der Waals surface area contributed by atoms with E-state index in [1.807, 2.05) is 0 Å². The van der Waals surface area contributed by atoms with Crippen LogP contribution in [0.4, 0.5) is 0 Å². The molecule has 1 amide bonds. The molecule has 0 spiro atoms. The SMILES string of the molecule is C=CC(=O)OC1(CC)NC1=O. The second kappa shape index (κ2) is 2.38. The van der Waals surface area contributed by atoms with Crippen molar-refractivity contribution in [3.63, 3.8) is 0 Å². The predicted octanol–water partition coefficient (Wildman–Crippen LogP) is -0.0483. The summed E-state index contributed by atoms with van der Waals surface area (Å²) in [6.07, 6.45) is 1.48. The first-order valence-electron chi connectivity index (χ1n) is 3.32. The molecule has 1 N–H and O–H groups in total. The third-order valence-electron chi connectivity index (χ3n) is 1.56. The Morgan fingerprint density at radius 1 is 1.91 bits per heavy atom. The lowest BCUT2D eigenvalue weighted by Crippen LogP contribution is -2.23. The van der Waals surface area contributed by atoms with Gasteiger partial charge in [-0.1, -0.05) is 13.5 Å². The monoisotopic (exact) mass is 155 g/mol. The highest BCUT2D eigenvalue weighted by Crippen LogP contribution is 2.24. The van der Waals surface area contributed by atoms with E-state index in [-0.39, 0.29) is 5.91 Å². The molecule has 0 aliphatic carbocycles. The molecule has 0 bridgehead atoms. The Hall–Kier alpha value is -1.32. The van der Waals surface area contributed by atoms with Crippen molar-refractivity contribution in [2.24, 2.45) is 0 Å². The Morgan fingerprint density at radius 3 is 2.73 bits per heavy atom. The van der Waals surface area contributed by atoms with Crippen LogP contribution < -0.4 is 5.32 Å². The molecular formula is C7H9NO3. The van der Waals surface area contributed by atoms with Crippen molar-refractivity contribution in [2.75, 3.05) is 0 Å². The van der Waals surface area contributed by atoms with Gasteiger partial charge in [-0.3, -0.25) is 4.79 Å². The number of amides is 1. The lowest BCUT2D eigenvalue weighted by Gasteiger charge is -2.06. The van der Waals surface area contributed by atoms with Gasteiger partial charge < -0.3 is 10.1 Å². The van der Waals surface area contributed by atoms with Crippen molar-refractivity contribution in [1.82, 2.24) is 5.32 Å². The largest absolute Gasteiger partial charge is 0.426 e. The topological polar surface area (TPSA) is 65.3 Å². The van der Waals surface area contributed by atoms with Gasteiger partial charge in [0, 0.05) is 12.5 Å². The summed E-state index contributed by atoms with van der Waals surface area (Å²) in [4.78, 5) is 21.3. The van der Waals surface area contributed by atoms with E-state index in [1.165, 1.54) is 0 Å². The summed E-state index contributed by atoms with van der Waals surface area (Å²) in [7, 11) is 0. The molecule has 0 radical (unpaired) electrons. The van der Waals surface area contributed by atoms with Gasteiger partial charge in [0.15, 0.2) is 0 Å². The summed E-state index contributed by atoms with van der Waals surface area (Å²) in [5.41, 5.74) is -1.04. The quantitative estimate of drug-likeness (QED) is 0.353. The van der Waals surface area contributed by atoms with Gasteiger partial charge in [0.25, 0.3) is 11.6 Å². The number of hydrogen-bond acceptors (Lipinski definition) is 3. The fourth-order valence-electron chi connectivity index (χ4n) is 0.759. The lowest BCUT2D eigenvalue weighted by molar-refractivity contribution is -0.148. The maximum atomic E-state index is 10.7. The molecule has 0 saturated carbocycles. The average Bonchev–Trinajstić information content (AvgIpc) is 2.62. The van der Waals surface area contributed by atoms with Gasteiger partial charge in [-0.05, 0) is 0 Å². The minimum absolute atomic E-state index is 0.241. The van der Waals surface area contributed by atoms with Gasteiger partial charge in [0.05, 0.1) is 0 Å². The number of carbonyl (C=O) groups is 2. The standard InChI is InChI=1S/C7H9NO3/c1-3-5(9)11-7(4-2)6(10)8-7/h3H,1,4H2,2H3,(H,8,10). The number of rotatable bonds is 3. The summed E-state index contributed by atoms with van der Waals surface area (Å²) in [6, 6.07) is 0. The van der Waals surface area contributed by atoms with Crippen LogP contribution in [-0.4, -0.2) is 17.6 Å². The van der Waals surface area contributed by atoms with Gasteiger partial charge in [0.1, 0.15) is 0 Å². The number of hydrogen-bond donors (Lipinski definition) is 1. The molecule has 1 atom stereocenters. The van der Waals surface area contributed by atoms with E-state index in [0.717, 1.165) is 6.08 Å². The first kappa shape index (κ1) is 7.78. The minimum atomic E-state index is -1.04. The number of nitrogens with one attached hydrogen (secondary N) is 1.